The van der Waals surface area contributed by atoms with E-state index in [1.165, 1.54) is 25.4 Å². The summed E-state index contributed by atoms with van der Waals surface area (Å²) in [5, 5.41) is 3.22. The number of aromatic nitrogens is 2. The fourth-order valence-electron chi connectivity index (χ4n) is 1.93. The summed E-state index contributed by atoms with van der Waals surface area (Å²) in [7, 11) is 0.442. The van der Waals surface area contributed by atoms with Crippen LogP contribution in [0.2, 0.25) is 10.3 Å². The van der Waals surface area contributed by atoms with Crippen LogP contribution in [0.15, 0.2) is 24.4 Å². The highest BCUT2D eigenvalue weighted by atomic mass is 35.5. The van der Waals surface area contributed by atoms with Gasteiger partial charge >= 0.3 is 6.43 Å². The van der Waals surface area contributed by atoms with Crippen LogP contribution >= 0.6 is 41.2 Å². The Kier molecular flexibility index (Phi) is 9.03. The van der Waals surface area contributed by atoms with Crippen LogP contribution in [0, 0.1) is 0 Å². The number of hydrogen-bond acceptors (Lipinski definition) is 5. The van der Waals surface area contributed by atoms with Gasteiger partial charge in [0.15, 0.2) is 5.82 Å². The Labute approximate surface area is 170 Å². The Morgan fingerprint density at radius 1 is 1.33 bits per heavy atom. The van der Waals surface area contributed by atoms with E-state index >= 15 is 0 Å². The average molecular weight is 457 g/mol. The first kappa shape index (κ1) is 23.7. The number of carbonyl (C=O) groups excluding carboxylic acids is 1. The molecule has 0 spiro atoms. The van der Waals surface area contributed by atoms with Gasteiger partial charge in [0.05, 0.1) is 20.0 Å². The van der Waals surface area contributed by atoms with Crippen molar-refractivity contribution in [1.82, 2.24) is 9.97 Å². The molecule has 0 radical (unpaired) electrons. The zero-order valence-corrected chi connectivity index (χ0v) is 18.5. The predicted molar refractivity (Wildman–Crippen MR) is 112 cm³/mol. The minimum Gasteiger partial charge on any atom is -0.472 e. The van der Waals surface area contributed by atoms with Crippen molar-refractivity contribution in [2.45, 2.75) is 6.43 Å². The highest BCUT2D eigenvalue weighted by molar-refractivity contribution is 7.51. The summed E-state index contributed by atoms with van der Waals surface area (Å²) in [6, 6.07) is 4.56. The van der Waals surface area contributed by atoms with Gasteiger partial charge in [-0.3, -0.25) is 4.79 Å². The van der Waals surface area contributed by atoms with Crippen molar-refractivity contribution in [2.24, 2.45) is 0 Å². The molecule has 2 rings (SSSR count). The number of anilines is 3. The number of alkyl halides is 2. The first-order valence-corrected chi connectivity index (χ1v) is 10.1. The molecule has 1 heterocycles. The van der Waals surface area contributed by atoms with E-state index in [-0.39, 0.29) is 31.7 Å². The van der Waals surface area contributed by atoms with Crippen LogP contribution in [0.4, 0.5) is 26.0 Å². The molecular weight excluding hydrogens is 439 g/mol. The molecule has 12 heteroatoms. The van der Waals surface area contributed by atoms with Crippen LogP contribution < -0.4 is 14.7 Å². The Morgan fingerprint density at radius 3 is 2.59 bits per heavy atom. The van der Waals surface area contributed by atoms with Crippen molar-refractivity contribution in [3.05, 3.63) is 34.7 Å². The second-order valence-corrected chi connectivity index (χ2v) is 7.80. The predicted octanol–water partition coefficient (Wildman–Crippen LogP) is 4.85. The van der Waals surface area contributed by atoms with Gasteiger partial charge in [-0.25, -0.2) is 4.98 Å². The molecule has 1 amide bonds. The van der Waals surface area contributed by atoms with Crippen molar-refractivity contribution in [3.63, 3.8) is 0 Å². The van der Waals surface area contributed by atoms with E-state index in [1.54, 1.807) is 6.07 Å². The Bertz CT molecular complexity index is 815. The van der Waals surface area contributed by atoms with Crippen LogP contribution in [0.1, 0.15) is 0 Å². The summed E-state index contributed by atoms with van der Waals surface area (Å²) in [5.41, 5.74) is 0.749. The maximum Gasteiger partial charge on any atom is 0.316 e. The third kappa shape index (κ3) is 6.35. The highest BCUT2D eigenvalue weighted by Gasteiger charge is 2.22. The van der Waals surface area contributed by atoms with Crippen molar-refractivity contribution in [2.75, 3.05) is 30.6 Å². The van der Waals surface area contributed by atoms with E-state index < -0.39 is 20.5 Å². The normalized spacial score (nSPS) is 10.6. The molecule has 1 aromatic carbocycles. The van der Waals surface area contributed by atoms with E-state index in [0.29, 0.717) is 11.4 Å². The number of carbonyl (C=O) groups is 1. The molecule has 27 heavy (non-hydrogen) atoms. The maximum atomic E-state index is 12.7. The van der Waals surface area contributed by atoms with Crippen LogP contribution in [-0.2, 0) is 4.79 Å². The lowest BCUT2D eigenvalue weighted by Crippen LogP contribution is -2.31. The zero-order chi connectivity index (χ0) is 19.4. The number of halogens is 4. The standard InChI is InChI=1S/C15H15Cl2F2N4O2P.H3P/c1-23(14(24)12(18)19)8-4-5-10(11(6-8)25-26(2)3)21-13-9(16)7-20-15(17)22-13;/h4-7,12H,1-3H3,(H,20,21,22);1H3. The highest BCUT2D eigenvalue weighted by Crippen LogP contribution is 2.39. The third-order valence-corrected chi connectivity index (χ3v) is 4.14. The summed E-state index contributed by atoms with van der Waals surface area (Å²) in [6.07, 6.45) is -1.76. The minimum absolute atomic E-state index is 0. The van der Waals surface area contributed by atoms with E-state index in [4.69, 9.17) is 27.7 Å². The molecule has 1 atom stereocenters. The molecule has 6 nitrogen and oxygen atoms in total. The number of rotatable bonds is 6. The molecule has 0 aliphatic rings. The molecule has 0 aliphatic carbocycles. The first-order valence-electron chi connectivity index (χ1n) is 7.19. The van der Waals surface area contributed by atoms with Crippen LogP contribution in [0.3, 0.4) is 0 Å². The summed E-state index contributed by atoms with van der Waals surface area (Å²) >= 11 is 11.8. The minimum atomic E-state index is -3.10. The number of nitrogens with one attached hydrogen (secondary N) is 1. The lowest BCUT2D eigenvalue weighted by atomic mass is 10.2. The van der Waals surface area contributed by atoms with E-state index in [1.807, 2.05) is 13.3 Å². The Balaban J connectivity index is 0.00000364. The molecule has 0 saturated carbocycles. The number of amides is 1. The third-order valence-electron chi connectivity index (χ3n) is 3.12. The largest absolute Gasteiger partial charge is 0.472 e. The average Bonchev–Trinajstić information content (AvgIpc) is 2.57. The monoisotopic (exact) mass is 456 g/mol. The summed E-state index contributed by atoms with van der Waals surface area (Å²) in [4.78, 5) is 20.1. The Morgan fingerprint density at radius 2 is 2.00 bits per heavy atom. The van der Waals surface area contributed by atoms with E-state index in [9.17, 15) is 13.6 Å². The molecule has 0 aliphatic heterocycles. The van der Waals surface area contributed by atoms with Gasteiger partial charge in [0.2, 0.25) is 5.28 Å². The molecule has 2 aromatic rings. The van der Waals surface area contributed by atoms with Gasteiger partial charge in [0.25, 0.3) is 5.91 Å². The van der Waals surface area contributed by atoms with Gasteiger partial charge < -0.3 is 14.7 Å². The fraction of sp³-hybridized carbons (Fsp3) is 0.267. The molecule has 1 unspecified atom stereocenters. The summed E-state index contributed by atoms with van der Waals surface area (Å²) in [6.45, 7) is 3.74. The van der Waals surface area contributed by atoms with Gasteiger partial charge in [-0.15, -0.1) is 0 Å². The molecule has 0 bridgehead atoms. The van der Waals surface area contributed by atoms with Crippen LogP contribution in [-0.4, -0.2) is 42.7 Å². The van der Waals surface area contributed by atoms with Crippen molar-refractivity contribution in [1.29, 1.82) is 0 Å². The summed E-state index contributed by atoms with van der Waals surface area (Å²) in [5.74, 6) is -0.686. The molecule has 0 saturated heterocycles. The van der Waals surface area contributed by atoms with Crippen molar-refractivity contribution >= 4 is 64.3 Å². The molecule has 1 N–H and O–H groups in total. The number of benzene rings is 1. The van der Waals surface area contributed by atoms with Gasteiger partial charge in [0.1, 0.15) is 10.8 Å². The van der Waals surface area contributed by atoms with Gasteiger partial charge in [-0.1, -0.05) is 11.6 Å². The number of nitrogens with zero attached hydrogens (tertiary/aromatic N) is 3. The van der Waals surface area contributed by atoms with Crippen molar-refractivity contribution < 1.29 is 18.1 Å². The van der Waals surface area contributed by atoms with Gasteiger partial charge in [-0.2, -0.15) is 23.7 Å². The summed E-state index contributed by atoms with van der Waals surface area (Å²) < 4.78 is 31.1. The smallest absolute Gasteiger partial charge is 0.316 e. The Hall–Kier alpha value is -1.33. The quantitative estimate of drug-likeness (QED) is 0.497. The first-order chi connectivity index (χ1) is 12.2. The fourth-order valence-corrected chi connectivity index (χ4v) is 2.75. The molecule has 0 fully saturated rings. The zero-order valence-electron chi connectivity index (χ0n) is 14.7. The second-order valence-electron chi connectivity index (χ2n) is 5.24. The molecule has 1 aromatic heterocycles. The van der Waals surface area contributed by atoms with Crippen LogP contribution in [0.5, 0.6) is 5.75 Å². The molecular formula is C15H18Cl2F2N4O2P2. The SMILES string of the molecule is CN(C(=O)C(F)F)c1ccc(Nc2nc(Cl)ncc2Cl)c(OP(C)C)c1.P. The van der Waals surface area contributed by atoms with E-state index in [0.717, 1.165) is 4.90 Å². The lowest BCUT2D eigenvalue weighted by molar-refractivity contribution is -0.128. The van der Waals surface area contributed by atoms with Crippen LogP contribution in [0.25, 0.3) is 0 Å². The van der Waals surface area contributed by atoms with Gasteiger partial charge in [0, 0.05) is 18.8 Å². The van der Waals surface area contributed by atoms with Gasteiger partial charge in [-0.05, 0) is 37.1 Å². The number of hydrogen-bond donors (Lipinski definition) is 1. The van der Waals surface area contributed by atoms with Crippen molar-refractivity contribution in [3.8, 4) is 5.75 Å². The van der Waals surface area contributed by atoms with E-state index in [2.05, 4.69) is 15.3 Å². The molecule has 148 valence electrons. The maximum absolute atomic E-state index is 12.7. The topological polar surface area (TPSA) is 67.4 Å². The lowest BCUT2D eigenvalue weighted by Gasteiger charge is -2.21. The second kappa shape index (κ2) is 10.3.